The Balaban J connectivity index is 1.92. The van der Waals surface area contributed by atoms with Crippen LogP contribution in [-0.2, 0) is 20.9 Å². The summed E-state index contributed by atoms with van der Waals surface area (Å²) in [7, 11) is 1.52. The van der Waals surface area contributed by atoms with E-state index >= 15 is 0 Å². The minimum Gasteiger partial charge on any atom is -0.483 e. The molecule has 0 radical (unpaired) electrons. The second-order valence-electron chi connectivity index (χ2n) is 5.71. The van der Waals surface area contributed by atoms with Crippen molar-refractivity contribution in [1.29, 1.82) is 0 Å². The number of primary amides is 1. The lowest BCUT2D eigenvalue weighted by Gasteiger charge is -2.17. The quantitative estimate of drug-likeness (QED) is 0.706. The first-order valence-corrected chi connectivity index (χ1v) is 8.02. The molecule has 8 heteroatoms. The number of benzene rings is 2. The highest BCUT2D eigenvalue weighted by molar-refractivity contribution is 5.94. The van der Waals surface area contributed by atoms with E-state index in [-0.39, 0.29) is 24.5 Å². The number of hydrogen-bond acceptors (Lipinski definition) is 5. The lowest BCUT2D eigenvalue weighted by molar-refractivity contribution is -0.133. The van der Waals surface area contributed by atoms with Crippen molar-refractivity contribution in [2.75, 3.05) is 20.3 Å². The van der Waals surface area contributed by atoms with Crippen LogP contribution in [0.25, 0.3) is 0 Å². The molecule has 2 amide bonds. The number of para-hydroxylation sites is 1. The Kier molecular flexibility index (Phi) is 6.87. The van der Waals surface area contributed by atoms with E-state index in [0.29, 0.717) is 5.56 Å². The van der Waals surface area contributed by atoms with Gasteiger partial charge in [0.05, 0.1) is 0 Å². The maximum Gasteiger partial charge on any atom is 0.342 e. The van der Waals surface area contributed by atoms with Gasteiger partial charge >= 0.3 is 5.97 Å². The lowest BCUT2D eigenvalue weighted by Crippen LogP contribution is -2.31. The molecule has 0 bridgehead atoms. The smallest absolute Gasteiger partial charge is 0.342 e. The highest BCUT2D eigenvalue weighted by Gasteiger charge is 2.17. The second kappa shape index (κ2) is 9.33. The van der Waals surface area contributed by atoms with Gasteiger partial charge in [0.25, 0.3) is 11.8 Å². The van der Waals surface area contributed by atoms with Crippen LogP contribution in [0.3, 0.4) is 0 Å². The van der Waals surface area contributed by atoms with Crippen LogP contribution < -0.4 is 10.5 Å². The van der Waals surface area contributed by atoms with E-state index in [0.717, 1.165) is 0 Å². The molecule has 0 spiro atoms. The number of carbonyl (C=O) groups is 3. The summed E-state index contributed by atoms with van der Waals surface area (Å²) in [6, 6.07) is 12.0. The number of rotatable bonds is 8. The van der Waals surface area contributed by atoms with Crippen molar-refractivity contribution in [2.45, 2.75) is 6.54 Å². The molecular weight excluding hydrogens is 355 g/mol. The minimum absolute atomic E-state index is 0.0688. The van der Waals surface area contributed by atoms with Gasteiger partial charge in [-0.05, 0) is 29.8 Å². The van der Waals surface area contributed by atoms with Gasteiger partial charge in [0.1, 0.15) is 17.1 Å². The van der Waals surface area contributed by atoms with Gasteiger partial charge < -0.3 is 20.1 Å². The molecule has 0 fully saturated rings. The molecule has 0 aliphatic rings. The highest BCUT2D eigenvalue weighted by atomic mass is 19.1. The molecule has 2 N–H and O–H groups in total. The SMILES string of the molecule is CN(Cc1cccc(F)c1)C(=O)COC(=O)c1ccccc1OCC(N)=O. The van der Waals surface area contributed by atoms with Gasteiger partial charge in [-0.25, -0.2) is 9.18 Å². The Bertz CT molecular complexity index is 840. The fourth-order valence-electron chi connectivity index (χ4n) is 2.22. The minimum atomic E-state index is -0.775. The summed E-state index contributed by atoms with van der Waals surface area (Å²) in [6.07, 6.45) is 0. The van der Waals surface area contributed by atoms with Gasteiger partial charge in [-0.2, -0.15) is 0 Å². The number of nitrogens with zero attached hydrogens (tertiary/aromatic N) is 1. The largest absolute Gasteiger partial charge is 0.483 e. The molecule has 0 saturated heterocycles. The van der Waals surface area contributed by atoms with Gasteiger partial charge in [-0.15, -0.1) is 0 Å². The third-order valence-electron chi connectivity index (χ3n) is 3.54. The third kappa shape index (κ3) is 6.10. The molecule has 2 aromatic rings. The third-order valence-corrected chi connectivity index (χ3v) is 3.54. The summed E-state index contributed by atoms with van der Waals surface area (Å²) in [4.78, 5) is 36.5. The molecule has 0 heterocycles. The lowest BCUT2D eigenvalue weighted by atomic mass is 10.2. The Morgan fingerprint density at radius 3 is 2.52 bits per heavy atom. The zero-order valence-electron chi connectivity index (χ0n) is 14.7. The topological polar surface area (TPSA) is 98.9 Å². The molecule has 0 saturated carbocycles. The average Bonchev–Trinajstić information content (AvgIpc) is 2.64. The summed E-state index contributed by atoms with van der Waals surface area (Å²) in [5.41, 5.74) is 5.70. The summed E-state index contributed by atoms with van der Waals surface area (Å²) in [6.45, 7) is -0.707. The maximum absolute atomic E-state index is 13.2. The highest BCUT2D eigenvalue weighted by Crippen LogP contribution is 2.19. The fourth-order valence-corrected chi connectivity index (χ4v) is 2.22. The Labute approximate surface area is 155 Å². The van der Waals surface area contributed by atoms with Crippen molar-refractivity contribution in [2.24, 2.45) is 5.73 Å². The molecule has 2 aromatic carbocycles. The van der Waals surface area contributed by atoms with Crippen LogP contribution in [0, 0.1) is 5.82 Å². The van der Waals surface area contributed by atoms with Gasteiger partial charge in [0, 0.05) is 13.6 Å². The Morgan fingerprint density at radius 1 is 1.07 bits per heavy atom. The Morgan fingerprint density at radius 2 is 1.81 bits per heavy atom. The average molecular weight is 374 g/mol. The predicted octanol–water partition coefficient (Wildman–Crippen LogP) is 1.51. The molecule has 0 aliphatic heterocycles. The number of esters is 1. The molecule has 7 nitrogen and oxygen atoms in total. The molecule has 0 aromatic heterocycles. The first-order valence-electron chi connectivity index (χ1n) is 8.02. The Hall–Kier alpha value is -3.42. The number of carbonyl (C=O) groups excluding carboxylic acids is 3. The van der Waals surface area contributed by atoms with Crippen LogP contribution in [0.2, 0.25) is 0 Å². The van der Waals surface area contributed by atoms with Gasteiger partial charge in [-0.1, -0.05) is 24.3 Å². The van der Waals surface area contributed by atoms with Crippen LogP contribution in [0.5, 0.6) is 5.75 Å². The van der Waals surface area contributed by atoms with Crippen molar-refractivity contribution < 1.29 is 28.2 Å². The summed E-state index contributed by atoms with van der Waals surface area (Å²) in [5, 5.41) is 0. The first-order chi connectivity index (χ1) is 12.9. The molecule has 0 atom stereocenters. The fraction of sp³-hybridized carbons (Fsp3) is 0.211. The van der Waals surface area contributed by atoms with Gasteiger partial charge in [0.15, 0.2) is 13.2 Å². The van der Waals surface area contributed by atoms with Crippen molar-refractivity contribution in [1.82, 2.24) is 4.90 Å². The van der Waals surface area contributed by atoms with Crippen molar-refractivity contribution in [3.63, 3.8) is 0 Å². The van der Waals surface area contributed by atoms with Crippen LogP contribution in [0.4, 0.5) is 4.39 Å². The van der Waals surface area contributed by atoms with E-state index in [2.05, 4.69) is 0 Å². The number of nitrogens with two attached hydrogens (primary N) is 1. The van der Waals surface area contributed by atoms with Crippen molar-refractivity contribution in [3.8, 4) is 5.75 Å². The normalized spacial score (nSPS) is 10.1. The monoisotopic (exact) mass is 374 g/mol. The second-order valence-corrected chi connectivity index (χ2v) is 5.71. The zero-order chi connectivity index (χ0) is 19.8. The van der Waals surface area contributed by atoms with E-state index in [1.54, 1.807) is 24.3 Å². The summed E-state index contributed by atoms with van der Waals surface area (Å²) in [5.74, 6) is -2.19. The van der Waals surface area contributed by atoms with Crippen molar-refractivity contribution >= 4 is 17.8 Å². The van der Waals surface area contributed by atoms with Crippen LogP contribution in [-0.4, -0.2) is 42.9 Å². The number of amides is 2. The maximum atomic E-state index is 13.2. The van der Waals surface area contributed by atoms with E-state index in [4.69, 9.17) is 15.2 Å². The number of ether oxygens (including phenoxy) is 2. The van der Waals surface area contributed by atoms with E-state index in [9.17, 15) is 18.8 Å². The molecule has 0 unspecified atom stereocenters. The number of hydrogen-bond donors (Lipinski definition) is 1. The van der Waals surface area contributed by atoms with E-state index < -0.39 is 30.2 Å². The van der Waals surface area contributed by atoms with Gasteiger partial charge in [-0.3, -0.25) is 9.59 Å². The predicted molar refractivity (Wildman–Crippen MR) is 94.3 cm³/mol. The van der Waals surface area contributed by atoms with Crippen LogP contribution >= 0.6 is 0 Å². The molecule has 2 rings (SSSR count). The molecular formula is C19H19FN2O5. The molecule has 27 heavy (non-hydrogen) atoms. The zero-order valence-corrected chi connectivity index (χ0v) is 14.7. The standard InChI is InChI=1S/C19H19FN2O5/c1-22(10-13-5-4-6-14(20)9-13)18(24)12-27-19(25)15-7-2-3-8-16(15)26-11-17(21)23/h2-9H,10-12H2,1H3,(H2,21,23). The summed E-state index contributed by atoms with van der Waals surface area (Å²) < 4.78 is 23.4. The summed E-state index contributed by atoms with van der Waals surface area (Å²) >= 11 is 0. The molecule has 142 valence electrons. The van der Waals surface area contributed by atoms with E-state index in [1.807, 2.05) is 0 Å². The van der Waals surface area contributed by atoms with Crippen LogP contribution in [0.15, 0.2) is 48.5 Å². The van der Waals surface area contributed by atoms with Crippen molar-refractivity contribution in [3.05, 3.63) is 65.5 Å². The number of likely N-dealkylation sites (N-methyl/N-ethyl adjacent to an activating group) is 1. The van der Waals surface area contributed by atoms with E-state index in [1.165, 1.54) is 36.2 Å². The van der Waals surface area contributed by atoms with Gasteiger partial charge in [0.2, 0.25) is 0 Å². The van der Waals surface area contributed by atoms with Crippen LogP contribution in [0.1, 0.15) is 15.9 Å². The number of halogens is 1. The molecule has 0 aliphatic carbocycles. The first kappa shape index (κ1) is 19.9.